The van der Waals surface area contributed by atoms with Crippen LogP contribution in [-0.2, 0) is 4.57 Å². The van der Waals surface area contributed by atoms with Gasteiger partial charge < -0.3 is 19.6 Å². The Balaban J connectivity index is 0. The smallest absolute Gasteiger partial charge is 0.309 e. The van der Waals surface area contributed by atoms with E-state index in [1.807, 2.05) is 6.92 Å². The maximum absolute atomic E-state index is 8.88. The minimum atomic E-state index is -4.64. The number of nitrogens with zero attached hydrogens (tertiary/aromatic N) is 3. The first kappa shape index (κ1) is 17.8. The molecule has 16 heavy (non-hydrogen) atoms. The van der Waals surface area contributed by atoms with Crippen LogP contribution in [0.3, 0.4) is 0 Å². The summed E-state index contributed by atoms with van der Waals surface area (Å²) in [6, 6.07) is 2.64. The second-order valence-electron chi connectivity index (χ2n) is 3.13. The van der Waals surface area contributed by atoms with Crippen molar-refractivity contribution in [2.75, 3.05) is 33.7 Å². The molecule has 0 aliphatic carbocycles. The van der Waals surface area contributed by atoms with Crippen LogP contribution in [-0.4, -0.2) is 59.3 Å². The van der Waals surface area contributed by atoms with E-state index in [0.717, 1.165) is 26.1 Å². The number of hydrogen-bond donors (Lipinski definition) is 3. The zero-order chi connectivity index (χ0) is 13.0. The molecule has 0 aromatic rings. The Hall–Kier alpha value is -0.550. The summed E-state index contributed by atoms with van der Waals surface area (Å²) in [6.07, 6.45) is 1.08. The summed E-state index contributed by atoms with van der Waals surface area (Å²) in [4.78, 5) is 31.6. The van der Waals surface area contributed by atoms with Gasteiger partial charge in [-0.25, -0.2) is 14.5 Å². The van der Waals surface area contributed by atoms with Crippen LogP contribution >= 0.6 is 7.82 Å². The van der Waals surface area contributed by atoms with Gasteiger partial charge in [0.15, 0.2) is 0 Å². The van der Waals surface area contributed by atoms with E-state index >= 15 is 0 Å². The van der Waals surface area contributed by atoms with Crippen LogP contribution in [0, 0.1) is 0 Å². The molecule has 7 nitrogen and oxygen atoms in total. The molecule has 96 valence electrons. The average molecular weight is 253 g/mol. The fourth-order valence-corrected chi connectivity index (χ4v) is 0.637. The molecule has 3 N–H and O–H groups in total. The molecule has 0 amide bonds. The molecule has 0 fully saturated rings. The molecule has 0 heterocycles. The van der Waals surface area contributed by atoms with Crippen molar-refractivity contribution in [1.82, 2.24) is 4.90 Å². The highest BCUT2D eigenvalue weighted by atomic mass is 31.2. The van der Waals surface area contributed by atoms with Crippen molar-refractivity contribution in [2.24, 2.45) is 9.98 Å². The van der Waals surface area contributed by atoms with Gasteiger partial charge in [-0.2, -0.15) is 0 Å². The molecule has 0 saturated carbocycles. The molecule has 0 radical (unpaired) electrons. The lowest BCUT2D eigenvalue weighted by atomic mass is 10.4. The molecule has 0 aliphatic heterocycles. The quantitative estimate of drug-likeness (QED) is 0.369. The van der Waals surface area contributed by atoms with Gasteiger partial charge in [-0.15, -0.1) is 0 Å². The summed E-state index contributed by atoms with van der Waals surface area (Å²) in [5, 5.41) is 0. The third kappa shape index (κ3) is 37.6. The van der Waals surface area contributed by atoms with E-state index in [1.165, 1.54) is 0 Å². The second-order valence-corrected chi connectivity index (χ2v) is 4.15. The molecule has 0 rings (SSSR count). The fourth-order valence-electron chi connectivity index (χ4n) is 0.637. The Morgan fingerprint density at radius 2 is 1.75 bits per heavy atom. The largest absolute Gasteiger partial charge is 0.466 e. The minimum absolute atomic E-state index is 0.775. The predicted octanol–water partition coefficient (Wildman–Crippen LogP) is 0.203. The van der Waals surface area contributed by atoms with Crippen LogP contribution < -0.4 is 0 Å². The standard InChI is InChI=1S/C8H17N3.H3O4P/c1-4-9-8-10-6-5-7-11(2)3;1-5(2,3)4/h4-7H2,1-3H3;(H3,1,2,3,4). The van der Waals surface area contributed by atoms with Crippen LogP contribution in [0.2, 0.25) is 0 Å². The normalized spacial score (nSPS) is 10.2. The van der Waals surface area contributed by atoms with E-state index in [9.17, 15) is 0 Å². The highest BCUT2D eigenvalue weighted by Crippen LogP contribution is 2.25. The first-order valence-corrected chi connectivity index (χ1v) is 6.35. The van der Waals surface area contributed by atoms with Crippen LogP contribution in [0.25, 0.3) is 0 Å². The SMILES string of the molecule is CCN=C=NCCCN(C)C.O=P(O)(O)O. The molecule has 0 unspecified atom stereocenters. The van der Waals surface area contributed by atoms with Crippen molar-refractivity contribution in [3.8, 4) is 0 Å². The van der Waals surface area contributed by atoms with Gasteiger partial charge in [-0.1, -0.05) is 0 Å². The lowest BCUT2D eigenvalue weighted by molar-refractivity contribution is 0.275. The van der Waals surface area contributed by atoms with E-state index in [4.69, 9.17) is 19.2 Å². The Morgan fingerprint density at radius 1 is 1.25 bits per heavy atom. The van der Waals surface area contributed by atoms with Gasteiger partial charge >= 0.3 is 7.82 Å². The Kier molecular flexibility index (Phi) is 12.2. The summed E-state index contributed by atoms with van der Waals surface area (Å²) in [6.45, 7) is 4.67. The third-order valence-electron chi connectivity index (χ3n) is 1.17. The summed E-state index contributed by atoms with van der Waals surface area (Å²) >= 11 is 0. The van der Waals surface area contributed by atoms with Crippen molar-refractivity contribution in [3.63, 3.8) is 0 Å². The van der Waals surface area contributed by atoms with E-state index in [0.29, 0.717) is 0 Å². The van der Waals surface area contributed by atoms with E-state index < -0.39 is 7.82 Å². The van der Waals surface area contributed by atoms with Gasteiger partial charge in [0.1, 0.15) is 0 Å². The highest BCUT2D eigenvalue weighted by molar-refractivity contribution is 7.45. The van der Waals surface area contributed by atoms with Gasteiger partial charge in [0.05, 0.1) is 12.6 Å². The summed E-state index contributed by atoms with van der Waals surface area (Å²) in [5.41, 5.74) is 0. The van der Waals surface area contributed by atoms with Crippen molar-refractivity contribution >= 4 is 13.8 Å². The number of rotatable bonds is 5. The van der Waals surface area contributed by atoms with E-state index in [-0.39, 0.29) is 0 Å². The average Bonchev–Trinajstić information content (AvgIpc) is 2.08. The Morgan fingerprint density at radius 3 is 2.12 bits per heavy atom. The Labute approximate surface area is 95.8 Å². The maximum atomic E-state index is 8.88. The van der Waals surface area contributed by atoms with Crippen LogP contribution in [0.1, 0.15) is 13.3 Å². The van der Waals surface area contributed by atoms with Gasteiger partial charge in [-0.3, -0.25) is 0 Å². The van der Waals surface area contributed by atoms with E-state index in [2.05, 4.69) is 35.0 Å². The molecule has 0 bridgehead atoms. The van der Waals surface area contributed by atoms with Crippen LogP contribution in [0.5, 0.6) is 0 Å². The topological polar surface area (TPSA) is 106 Å². The third-order valence-corrected chi connectivity index (χ3v) is 1.17. The summed E-state index contributed by atoms with van der Waals surface area (Å²) in [7, 11) is -0.520. The molecule has 0 atom stereocenters. The highest BCUT2D eigenvalue weighted by Gasteiger charge is 2.00. The van der Waals surface area contributed by atoms with Crippen molar-refractivity contribution in [3.05, 3.63) is 0 Å². The minimum Gasteiger partial charge on any atom is -0.309 e. The molecule has 0 aromatic heterocycles. The van der Waals surface area contributed by atoms with Crippen molar-refractivity contribution in [1.29, 1.82) is 0 Å². The van der Waals surface area contributed by atoms with Crippen LogP contribution in [0.4, 0.5) is 0 Å². The van der Waals surface area contributed by atoms with Gasteiger partial charge in [0.25, 0.3) is 0 Å². The van der Waals surface area contributed by atoms with Gasteiger partial charge in [0.2, 0.25) is 0 Å². The Bertz CT molecular complexity index is 250. The first-order valence-electron chi connectivity index (χ1n) is 4.78. The van der Waals surface area contributed by atoms with Gasteiger partial charge in [0, 0.05) is 6.54 Å². The molecule has 0 spiro atoms. The summed E-state index contributed by atoms with van der Waals surface area (Å²) < 4.78 is 8.88. The lowest BCUT2D eigenvalue weighted by Gasteiger charge is -2.05. The number of phosphoric acid groups is 1. The predicted molar refractivity (Wildman–Crippen MR) is 62.7 cm³/mol. The molecule has 8 heteroatoms. The number of hydrogen-bond acceptors (Lipinski definition) is 4. The zero-order valence-corrected chi connectivity index (χ0v) is 10.8. The fraction of sp³-hybridized carbons (Fsp3) is 0.875. The molecule has 0 saturated heterocycles. The molecule has 0 aliphatic rings. The first-order chi connectivity index (χ1) is 7.27. The molecular formula is C8H20N3O4P. The lowest BCUT2D eigenvalue weighted by Crippen LogP contribution is -2.13. The van der Waals surface area contributed by atoms with Crippen molar-refractivity contribution in [2.45, 2.75) is 13.3 Å². The number of aliphatic imine (C=N–C) groups is 2. The maximum Gasteiger partial charge on any atom is 0.466 e. The zero-order valence-electron chi connectivity index (χ0n) is 9.87. The molecule has 0 aromatic carbocycles. The second kappa shape index (κ2) is 11.0. The van der Waals surface area contributed by atoms with Crippen molar-refractivity contribution < 1.29 is 19.2 Å². The molecular weight excluding hydrogens is 233 g/mol. The van der Waals surface area contributed by atoms with Gasteiger partial charge in [-0.05, 0) is 34.0 Å². The monoisotopic (exact) mass is 253 g/mol. The van der Waals surface area contributed by atoms with E-state index in [1.54, 1.807) is 0 Å². The summed E-state index contributed by atoms with van der Waals surface area (Å²) in [5.74, 6) is 0. The van der Waals surface area contributed by atoms with Crippen LogP contribution in [0.15, 0.2) is 9.98 Å².